The average Bonchev–Trinajstić information content (AvgIpc) is 2.05. The van der Waals surface area contributed by atoms with Gasteiger partial charge in [-0.1, -0.05) is 26.7 Å². The van der Waals surface area contributed by atoms with Crippen LogP contribution in [0.15, 0.2) is 0 Å². The first-order valence-electron chi connectivity index (χ1n) is 4.74. The third kappa shape index (κ3) is 11.8. The second-order valence-corrected chi connectivity index (χ2v) is 4.30. The number of rotatable bonds is 8. The van der Waals surface area contributed by atoms with Gasteiger partial charge in [0.1, 0.15) is 0 Å². The number of phosphoric ester groups is 1. The second kappa shape index (κ2) is 11.2. The zero-order valence-corrected chi connectivity index (χ0v) is 9.26. The summed E-state index contributed by atoms with van der Waals surface area (Å²) in [7, 11) is -3.75. The van der Waals surface area contributed by atoms with Gasteiger partial charge in [0.25, 0.3) is 0 Å². The molecule has 82 valence electrons. The minimum atomic E-state index is -3.75. The van der Waals surface area contributed by atoms with E-state index in [4.69, 9.17) is 13.9 Å². The van der Waals surface area contributed by atoms with Crippen LogP contribution in [0, 0.1) is 0 Å². The number of hydrogen-bond donors (Lipinski definition) is 1. The van der Waals surface area contributed by atoms with Gasteiger partial charge in [0, 0.05) is 0 Å². The van der Waals surface area contributed by atoms with Gasteiger partial charge in [-0.3, -0.25) is 9.05 Å². The fraction of sp³-hybridized carbons (Fsp3) is 1.00. The summed E-state index contributed by atoms with van der Waals surface area (Å²) in [5.74, 6) is 0. The van der Waals surface area contributed by atoms with E-state index in [1.165, 1.54) is 0 Å². The molecule has 14 heavy (non-hydrogen) atoms. The molecule has 0 aromatic carbocycles. The molecule has 0 heterocycles. The molecule has 0 radical (unpaired) electrons. The fourth-order valence-electron chi connectivity index (χ4n) is 0.686. The fourth-order valence-corrected chi connectivity index (χ4v) is 1.48. The van der Waals surface area contributed by atoms with E-state index in [1.54, 1.807) is 0 Å². The van der Waals surface area contributed by atoms with Crippen molar-refractivity contribution in [2.45, 2.75) is 39.5 Å². The van der Waals surface area contributed by atoms with Crippen LogP contribution in [0.3, 0.4) is 0 Å². The van der Waals surface area contributed by atoms with Crippen molar-refractivity contribution in [2.24, 2.45) is 0 Å². The van der Waals surface area contributed by atoms with Crippen molar-refractivity contribution in [3.8, 4) is 0 Å². The summed E-state index contributed by atoms with van der Waals surface area (Å²) in [4.78, 5) is 9.08. The Morgan fingerprint density at radius 3 is 1.71 bits per heavy atom. The molecule has 0 aliphatic heterocycles. The third-order valence-electron chi connectivity index (χ3n) is 1.50. The second-order valence-electron chi connectivity index (χ2n) is 2.84. The van der Waals surface area contributed by atoms with E-state index in [1.807, 2.05) is 13.8 Å². The molecule has 0 amide bonds. The van der Waals surface area contributed by atoms with Gasteiger partial charge >= 0.3 is 59.2 Å². The topological polar surface area (TPSA) is 55.8 Å². The number of phosphoric acid groups is 1. The van der Waals surface area contributed by atoms with Gasteiger partial charge in [-0.05, 0) is 12.8 Å². The van der Waals surface area contributed by atoms with Crippen molar-refractivity contribution in [3.05, 3.63) is 0 Å². The molecule has 0 aliphatic rings. The van der Waals surface area contributed by atoms with E-state index in [0.717, 1.165) is 25.7 Å². The summed E-state index contributed by atoms with van der Waals surface area (Å²) >= 11 is 0. The third-order valence-corrected chi connectivity index (χ3v) is 2.52. The van der Waals surface area contributed by atoms with Gasteiger partial charge in [-0.15, -0.1) is 0 Å². The molecule has 0 rings (SSSR count). The Hall–Kier alpha value is 1.75. The Morgan fingerprint density at radius 1 is 1.07 bits per heavy atom. The molecule has 0 saturated carbocycles. The number of hydrogen-bond acceptors (Lipinski definition) is 3. The molecule has 6 heteroatoms. The van der Waals surface area contributed by atoms with Crippen LogP contribution >= 0.6 is 7.82 Å². The van der Waals surface area contributed by atoms with E-state index >= 15 is 0 Å². The van der Waals surface area contributed by atoms with Gasteiger partial charge in [0.05, 0.1) is 13.2 Å². The van der Waals surface area contributed by atoms with Crippen LogP contribution in [0.2, 0.25) is 0 Å². The first kappa shape index (κ1) is 18.1. The molecular formula is C8H20KO4P. The first-order chi connectivity index (χ1) is 6.12. The Bertz CT molecular complexity index is 151. The first-order valence-corrected chi connectivity index (χ1v) is 6.23. The zero-order valence-electron chi connectivity index (χ0n) is 8.36. The molecular weight excluding hydrogens is 230 g/mol. The molecule has 0 aliphatic carbocycles. The summed E-state index contributed by atoms with van der Waals surface area (Å²) in [6.45, 7) is 4.56. The maximum absolute atomic E-state index is 11.1. The molecule has 0 aromatic rings. The van der Waals surface area contributed by atoms with E-state index in [9.17, 15) is 4.57 Å². The molecule has 0 saturated heterocycles. The SMILES string of the molecule is CCCCOP(=O)(O)OCCCC.[KH]. The molecule has 1 N–H and O–H groups in total. The van der Waals surface area contributed by atoms with Crippen LogP contribution in [0.1, 0.15) is 39.5 Å². The monoisotopic (exact) mass is 250 g/mol. The average molecular weight is 250 g/mol. The minimum absolute atomic E-state index is 0. The summed E-state index contributed by atoms with van der Waals surface area (Å²) in [5, 5.41) is 0. The van der Waals surface area contributed by atoms with E-state index in [0.29, 0.717) is 0 Å². The summed E-state index contributed by atoms with van der Waals surface area (Å²) in [6.07, 6.45) is 3.44. The van der Waals surface area contributed by atoms with E-state index in [2.05, 4.69) is 0 Å². The van der Waals surface area contributed by atoms with E-state index < -0.39 is 7.82 Å². The van der Waals surface area contributed by atoms with Crippen molar-refractivity contribution in [1.29, 1.82) is 0 Å². The van der Waals surface area contributed by atoms with Crippen molar-refractivity contribution in [1.82, 2.24) is 0 Å². The van der Waals surface area contributed by atoms with Crippen LogP contribution < -0.4 is 0 Å². The molecule has 0 bridgehead atoms. The summed E-state index contributed by atoms with van der Waals surface area (Å²) < 4.78 is 20.5. The van der Waals surface area contributed by atoms with Crippen LogP contribution in [0.4, 0.5) is 0 Å². The maximum atomic E-state index is 11.1. The Morgan fingerprint density at radius 2 is 1.43 bits per heavy atom. The van der Waals surface area contributed by atoms with Gasteiger partial charge < -0.3 is 4.89 Å². The van der Waals surface area contributed by atoms with Crippen LogP contribution in [-0.4, -0.2) is 69.5 Å². The molecule has 0 unspecified atom stereocenters. The van der Waals surface area contributed by atoms with Gasteiger partial charge in [-0.2, -0.15) is 0 Å². The quantitative estimate of drug-likeness (QED) is 0.407. The standard InChI is InChI=1S/C8H19O4P.K.H/c1-3-5-7-11-13(9,10)12-8-6-4-2;;/h3-8H2,1-2H3,(H,9,10);;. The van der Waals surface area contributed by atoms with Crippen LogP contribution in [0.5, 0.6) is 0 Å². The van der Waals surface area contributed by atoms with Gasteiger partial charge in [0.2, 0.25) is 0 Å². The molecule has 0 aromatic heterocycles. The Labute approximate surface area is 129 Å². The van der Waals surface area contributed by atoms with Crippen molar-refractivity contribution >= 4 is 59.2 Å². The zero-order chi connectivity index (χ0) is 10.2. The van der Waals surface area contributed by atoms with Crippen LogP contribution in [0.25, 0.3) is 0 Å². The molecule has 4 nitrogen and oxygen atoms in total. The van der Waals surface area contributed by atoms with Crippen molar-refractivity contribution in [2.75, 3.05) is 13.2 Å². The van der Waals surface area contributed by atoms with Gasteiger partial charge in [-0.25, -0.2) is 4.57 Å². The summed E-state index contributed by atoms with van der Waals surface area (Å²) in [6, 6.07) is 0. The van der Waals surface area contributed by atoms with Crippen molar-refractivity contribution in [3.63, 3.8) is 0 Å². The van der Waals surface area contributed by atoms with Gasteiger partial charge in [0.15, 0.2) is 0 Å². The van der Waals surface area contributed by atoms with Crippen molar-refractivity contribution < 1.29 is 18.5 Å². The normalized spacial score (nSPS) is 11.1. The molecule has 0 spiro atoms. The molecule has 0 atom stereocenters. The predicted octanol–water partition coefficient (Wildman–Crippen LogP) is 2.07. The Balaban J connectivity index is 0. The number of unbranched alkanes of at least 4 members (excludes halogenated alkanes) is 2. The Kier molecular flexibility index (Phi) is 14.5. The predicted molar refractivity (Wildman–Crippen MR) is 58.7 cm³/mol. The summed E-state index contributed by atoms with van der Waals surface area (Å²) in [5.41, 5.74) is 0. The molecule has 0 fully saturated rings. The van der Waals surface area contributed by atoms with E-state index in [-0.39, 0.29) is 64.6 Å². The van der Waals surface area contributed by atoms with Crippen LogP contribution in [-0.2, 0) is 13.6 Å².